The Labute approximate surface area is 113 Å². The van der Waals surface area contributed by atoms with E-state index in [1.54, 1.807) is 0 Å². The maximum absolute atomic E-state index is 11.3. The normalized spacial score (nSPS) is 17.8. The zero-order chi connectivity index (χ0) is 13.8. The average Bonchev–Trinajstić information content (AvgIpc) is 3.20. The molecule has 1 fully saturated rings. The van der Waals surface area contributed by atoms with Gasteiger partial charge in [-0.3, -0.25) is 10.1 Å². The van der Waals surface area contributed by atoms with Crippen molar-refractivity contribution in [2.24, 2.45) is 5.92 Å². The second-order valence-electron chi connectivity index (χ2n) is 5.01. The van der Waals surface area contributed by atoms with Gasteiger partial charge in [0, 0.05) is 11.6 Å². The minimum absolute atomic E-state index is 0.0375. The summed E-state index contributed by atoms with van der Waals surface area (Å²) in [5, 5.41) is 12.5. The van der Waals surface area contributed by atoms with Crippen LogP contribution < -0.4 is 10.1 Å². The Morgan fingerprint density at radius 3 is 2.74 bits per heavy atom. The minimum atomic E-state index is -0.761. The van der Waals surface area contributed by atoms with E-state index in [4.69, 9.17) is 4.74 Å². The van der Waals surface area contributed by atoms with Gasteiger partial charge in [-0.2, -0.15) is 0 Å². The second kappa shape index (κ2) is 6.06. The summed E-state index contributed by atoms with van der Waals surface area (Å²) in [5.41, 5.74) is 1.01. The van der Waals surface area contributed by atoms with Gasteiger partial charge in [0.2, 0.25) is 0 Å². The van der Waals surface area contributed by atoms with Gasteiger partial charge in [0.05, 0.1) is 6.61 Å². The first-order valence-electron chi connectivity index (χ1n) is 6.84. The van der Waals surface area contributed by atoms with Crippen LogP contribution in [0.5, 0.6) is 5.75 Å². The fourth-order valence-corrected chi connectivity index (χ4v) is 2.32. The maximum atomic E-state index is 11.3. The third-order valence-electron chi connectivity index (χ3n) is 3.47. The smallest absolute Gasteiger partial charge is 0.320 e. The topological polar surface area (TPSA) is 58.6 Å². The Kier molecular flexibility index (Phi) is 4.43. The number of carbonyl (C=O) groups is 1. The van der Waals surface area contributed by atoms with Crippen molar-refractivity contribution in [2.75, 3.05) is 6.61 Å². The number of hydrogen-bond donors (Lipinski definition) is 2. The number of carboxylic acid groups (broad SMARTS) is 1. The van der Waals surface area contributed by atoms with E-state index in [1.165, 1.54) is 0 Å². The molecule has 1 aliphatic rings. The highest BCUT2D eigenvalue weighted by atomic mass is 16.5. The van der Waals surface area contributed by atoms with Crippen LogP contribution in [0.3, 0.4) is 0 Å². The molecule has 1 saturated carbocycles. The highest BCUT2D eigenvalue weighted by Gasteiger charge is 2.37. The third-order valence-corrected chi connectivity index (χ3v) is 3.47. The van der Waals surface area contributed by atoms with Crippen molar-refractivity contribution >= 4 is 5.97 Å². The van der Waals surface area contributed by atoms with E-state index in [0.29, 0.717) is 6.61 Å². The van der Waals surface area contributed by atoms with Crippen LogP contribution in [-0.4, -0.2) is 23.7 Å². The molecule has 2 N–H and O–H groups in total. The number of ether oxygens (including phenoxy) is 1. The highest BCUT2D eigenvalue weighted by Crippen LogP contribution is 2.34. The van der Waals surface area contributed by atoms with Crippen molar-refractivity contribution < 1.29 is 14.6 Å². The molecule has 1 aromatic carbocycles. The number of benzene rings is 1. The van der Waals surface area contributed by atoms with E-state index < -0.39 is 12.0 Å². The van der Waals surface area contributed by atoms with Gasteiger partial charge in [0.15, 0.2) is 0 Å². The number of aliphatic carboxylic acids is 1. The largest absolute Gasteiger partial charge is 0.494 e. The fourth-order valence-electron chi connectivity index (χ4n) is 2.32. The van der Waals surface area contributed by atoms with Crippen LogP contribution in [0.4, 0.5) is 0 Å². The summed E-state index contributed by atoms with van der Waals surface area (Å²) in [5.74, 6) is 0.340. The number of carboxylic acids is 1. The molecule has 0 bridgehead atoms. The fraction of sp³-hybridized carbons (Fsp3) is 0.533. The number of nitrogens with one attached hydrogen (secondary N) is 1. The Bertz CT molecular complexity index is 443. The summed E-state index contributed by atoms with van der Waals surface area (Å²) in [6, 6.07) is 7.28. The van der Waals surface area contributed by atoms with Gasteiger partial charge in [-0.25, -0.2) is 0 Å². The molecule has 4 heteroatoms. The van der Waals surface area contributed by atoms with Crippen LogP contribution in [0.1, 0.15) is 38.3 Å². The first-order valence-corrected chi connectivity index (χ1v) is 6.84. The molecule has 0 spiro atoms. The molecule has 2 unspecified atom stereocenters. The van der Waals surface area contributed by atoms with Crippen LogP contribution in [0.15, 0.2) is 24.3 Å². The predicted molar refractivity (Wildman–Crippen MR) is 73.3 cm³/mol. The maximum Gasteiger partial charge on any atom is 0.320 e. The lowest BCUT2D eigenvalue weighted by Crippen LogP contribution is -2.40. The van der Waals surface area contributed by atoms with E-state index >= 15 is 0 Å². The molecule has 1 aromatic rings. The van der Waals surface area contributed by atoms with Crippen molar-refractivity contribution in [2.45, 2.75) is 38.8 Å². The van der Waals surface area contributed by atoms with Gasteiger partial charge >= 0.3 is 5.97 Å². The molecule has 2 rings (SSSR count). The van der Waals surface area contributed by atoms with Crippen LogP contribution >= 0.6 is 0 Å². The summed E-state index contributed by atoms with van der Waals surface area (Å²) in [4.78, 5) is 11.3. The summed E-state index contributed by atoms with van der Waals surface area (Å²) in [6.45, 7) is 4.53. The van der Waals surface area contributed by atoms with Gasteiger partial charge in [-0.15, -0.1) is 0 Å². The monoisotopic (exact) mass is 263 g/mol. The van der Waals surface area contributed by atoms with E-state index in [-0.39, 0.29) is 12.0 Å². The zero-order valence-electron chi connectivity index (χ0n) is 11.4. The number of hydrogen-bond acceptors (Lipinski definition) is 3. The molecular formula is C15H21NO3. The Hall–Kier alpha value is -1.55. The molecule has 19 heavy (non-hydrogen) atoms. The van der Waals surface area contributed by atoms with Crippen molar-refractivity contribution in [1.82, 2.24) is 5.32 Å². The lowest BCUT2D eigenvalue weighted by Gasteiger charge is -2.22. The lowest BCUT2D eigenvalue weighted by atomic mass is 10.0. The number of rotatable bonds is 7. The summed E-state index contributed by atoms with van der Waals surface area (Å²) in [7, 11) is 0. The third kappa shape index (κ3) is 3.47. The molecule has 2 atom stereocenters. The minimum Gasteiger partial charge on any atom is -0.494 e. The Balaban J connectivity index is 2.10. The van der Waals surface area contributed by atoms with Gasteiger partial charge < -0.3 is 9.84 Å². The zero-order valence-corrected chi connectivity index (χ0v) is 11.4. The molecular weight excluding hydrogens is 242 g/mol. The number of para-hydroxylation sites is 1. The highest BCUT2D eigenvalue weighted by molar-refractivity contribution is 5.74. The van der Waals surface area contributed by atoms with Gasteiger partial charge in [0.25, 0.3) is 0 Å². The molecule has 0 amide bonds. The van der Waals surface area contributed by atoms with Gasteiger partial charge in [0.1, 0.15) is 11.8 Å². The summed E-state index contributed by atoms with van der Waals surface area (Å²) >= 11 is 0. The van der Waals surface area contributed by atoms with E-state index in [1.807, 2.05) is 38.1 Å². The Morgan fingerprint density at radius 1 is 1.47 bits per heavy atom. The standard InChI is InChI=1S/C15H21NO3/c1-3-19-13-7-5-4-6-12(13)10(2)16-14(15(17)18)11-8-9-11/h4-7,10-11,14,16H,3,8-9H2,1-2H3,(H,17,18). The van der Waals surface area contributed by atoms with Crippen LogP contribution in [0.25, 0.3) is 0 Å². The quantitative estimate of drug-likeness (QED) is 0.794. The van der Waals surface area contributed by atoms with Crippen LogP contribution in [0, 0.1) is 5.92 Å². The summed E-state index contributed by atoms with van der Waals surface area (Å²) in [6.07, 6.45) is 2.01. The average molecular weight is 263 g/mol. The van der Waals surface area contributed by atoms with Crippen molar-refractivity contribution in [3.05, 3.63) is 29.8 Å². The molecule has 0 aromatic heterocycles. The molecule has 0 heterocycles. The van der Waals surface area contributed by atoms with Crippen molar-refractivity contribution in [1.29, 1.82) is 0 Å². The summed E-state index contributed by atoms with van der Waals surface area (Å²) < 4.78 is 5.59. The molecule has 1 aliphatic carbocycles. The molecule has 104 valence electrons. The molecule has 0 aliphatic heterocycles. The molecule has 0 radical (unpaired) electrons. The van der Waals surface area contributed by atoms with E-state index in [9.17, 15) is 9.90 Å². The first kappa shape index (κ1) is 13.9. The first-order chi connectivity index (χ1) is 9.13. The van der Waals surface area contributed by atoms with Crippen molar-refractivity contribution in [3.8, 4) is 5.75 Å². The van der Waals surface area contributed by atoms with Gasteiger partial charge in [-0.1, -0.05) is 18.2 Å². The lowest BCUT2D eigenvalue weighted by molar-refractivity contribution is -0.140. The second-order valence-corrected chi connectivity index (χ2v) is 5.01. The molecule has 0 saturated heterocycles. The van der Waals surface area contributed by atoms with E-state index in [0.717, 1.165) is 24.2 Å². The van der Waals surface area contributed by atoms with E-state index in [2.05, 4.69) is 5.32 Å². The van der Waals surface area contributed by atoms with Crippen molar-refractivity contribution in [3.63, 3.8) is 0 Å². The SMILES string of the molecule is CCOc1ccccc1C(C)NC(C(=O)O)C1CC1. The van der Waals surface area contributed by atoms with Crippen LogP contribution in [0.2, 0.25) is 0 Å². The molecule has 4 nitrogen and oxygen atoms in total. The predicted octanol–water partition coefficient (Wildman–Crippen LogP) is 2.60. The van der Waals surface area contributed by atoms with Gasteiger partial charge in [-0.05, 0) is 38.7 Å². The van der Waals surface area contributed by atoms with Crippen LogP contribution in [-0.2, 0) is 4.79 Å². The Morgan fingerprint density at radius 2 is 2.16 bits per heavy atom.